The third-order valence-electron chi connectivity index (χ3n) is 5.45. The Hall–Kier alpha value is -3.67. The Morgan fingerprint density at radius 3 is 2.13 bits per heavy atom. The molecule has 1 aromatic heterocycles. The zero-order chi connectivity index (χ0) is 26.6. The van der Waals surface area contributed by atoms with Crippen molar-refractivity contribution in [3.63, 3.8) is 0 Å². The maximum Gasteiger partial charge on any atom is 0.512 e. The fourth-order valence-corrected chi connectivity index (χ4v) is 5.63. The molecule has 3 aromatic carbocycles. The standard InChI is InChI=1S/C26H21ClN2O7S2/c1-32-16-3-7-18(8-4-16)37-23-24(36-26(30)31)29(13-15-11-21-22(12-20(15)27)35-14-34-21)25(28-23)38-19-9-5-17(33-2)6-10-19/h3-12H,13-14H2,1-2H3,(H,30,31). The SMILES string of the molecule is COc1ccc(Sc2nc(Sc3ccc(OC)cc3)n(Cc3cc4c(cc3Cl)OCO4)c2OC(=O)O)cc1. The third kappa shape index (κ3) is 5.74. The molecule has 196 valence electrons. The summed E-state index contributed by atoms with van der Waals surface area (Å²) in [4.78, 5) is 18.2. The van der Waals surface area contributed by atoms with Crippen LogP contribution in [0.5, 0.6) is 28.9 Å². The first-order chi connectivity index (χ1) is 18.4. The normalized spacial score (nSPS) is 11.9. The first-order valence-corrected chi connectivity index (χ1v) is 13.2. The van der Waals surface area contributed by atoms with E-state index in [4.69, 9.17) is 40.3 Å². The van der Waals surface area contributed by atoms with Crippen LogP contribution in [0.2, 0.25) is 5.02 Å². The lowest BCUT2D eigenvalue weighted by Crippen LogP contribution is -2.11. The molecule has 0 radical (unpaired) electrons. The van der Waals surface area contributed by atoms with Crippen molar-refractivity contribution in [2.45, 2.75) is 26.5 Å². The number of rotatable bonds is 9. The number of carbonyl (C=O) groups is 1. The van der Waals surface area contributed by atoms with Gasteiger partial charge >= 0.3 is 6.16 Å². The van der Waals surface area contributed by atoms with E-state index in [9.17, 15) is 9.90 Å². The van der Waals surface area contributed by atoms with E-state index in [0.29, 0.717) is 38.0 Å². The molecule has 12 heteroatoms. The minimum atomic E-state index is -1.46. The molecule has 5 rings (SSSR count). The summed E-state index contributed by atoms with van der Waals surface area (Å²) in [6, 6.07) is 18.3. The maximum absolute atomic E-state index is 11.7. The van der Waals surface area contributed by atoms with Gasteiger partial charge in [0.05, 0.1) is 20.8 Å². The van der Waals surface area contributed by atoms with Crippen LogP contribution in [-0.4, -0.2) is 41.8 Å². The second-order valence-corrected chi connectivity index (χ2v) is 10.3. The molecule has 0 fully saturated rings. The van der Waals surface area contributed by atoms with Crippen LogP contribution in [0.4, 0.5) is 4.79 Å². The van der Waals surface area contributed by atoms with Gasteiger partial charge in [0.1, 0.15) is 11.5 Å². The Labute approximate surface area is 231 Å². The predicted octanol–water partition coefficient (Wildman–Crippen LogP) is 6.69. The number of nitrogens with zero attached hydrogens (tertiary/aromatic N) is 2. The van der Waals surface area contributed by atoms with Gasteiger partial charge in [0.2, 0.25) is 12.7 Å². The van der Waals surface area contributed by atoms with E-state index < -0.39 is 6.16 Å². The summed E-state index contributed by atoms with van der Waals surface area (Å²) in [7, 11) is 3.19. The Kier molecular flexibility index (Phi) is 7.77. The van der Waals surface area contributed by atoms with Gasteiger partial charge in [-0.3, -0.25) is 4.57 Å². The number of fused-ring (bicyclic) bond motifs is 1. The van der Waals surface area contributed by atoms with Crippen LogP contribution in [0.1, 0.15) is 5.56 Å². The van der Waals surface area contributed by atoms with E-state index >= 15 is 0 Å². The highest BCUT2D eigenvalue weighted by Crippen LogP contribution is 2.42. The number of halogens is 1. The van der Waals surface area contributed by atoms with Gasteiger partial charge in [-0.1, -0.05) is 35.1 Å². The van der Waals surface area contributed by atoms with E-state index in [1.54, 1.807) is 30.9 Å². The number of hydrogen-bond donors (Lipinski definition) is 1. The highest BCUT2D eigenvalue weighted by Gasteiger charge is 2.25. The summed E-state index contributed by atoms with van der Waals surface area (Å²) in [5, 5.41) is 10.9. The minimum absolute atomic E-state index is 0.0723. The average Bonchev–Trinajstić information content (AvgIpc) is 3.49. The molecule has 0 amide bonds. The van der Waals surface area contributed by atoms with Crippen LogP contribution < -0.4 is 23.7 Å². The Balaban J connectivity index is 1.57. The van der Waals surface area contributed by atoms with Crippen molar-refractivity contribution >= 4 is 41.3 Å². The highest BCUT2D eigenvalue weighted by atomic mass is 35.5. The average molecular weight is 573 g/mol. The van der Waals surface area contributed by atoms with Gasteiger partial charge < -0.3 is 28.8 Å². The van der Waals surface area contributed by atoms with Crippen molar-refractivity contribution in [3.05, 3.63) is 71.2 Å². The zero-order valence-corrected chi connectivity index (χ0v) is 22.6. The van der Waals surface area contributed by atoms with Crippen LogP contribution in [0.15, 0.2) is 80.6 Å². The molecule has 4 aromatic rings. The van der Waals surface area contributed by atoms with Gasteiger partial charge in [0, 0.05) is 20.9 Å². The zero-order valence-electron chi connectivity index (χ0n) is 20.2. The van der Waals surface area contributed by atoms with E-state index in [2.05, 4.69) is 0 Å². The third-order valence-corrected chi connectivity index (χ3v) is 7.77. The molecule has 1 aliphatic heterocycles. The molecule has 0 atom stereocenters. The van der Waals surface area contributed by atoms with Crippen molar-refractivity contribution in [3.8, 4) is 28.9 Å². The van der Waals surface area contributed by atoms with Crippen LogP contribution in [0.25, 0.3) is 0 Å². The number of hydrogen-bond acceptors (Lipinski definition) is 9. The van der Waals surface area contributed by atoms with Crippen molar-refractivity contribution < 1.29 is 33.6 Å². The van der Waals surface area contributed by atoms with Gasteiger partial charge in [-0.2, -0.15) is 0 Å². The lowest BCUT2D eigenvalue weighted by molar-refractivity contribution is 0.139. The first kappa shape index (κ1) is 26.0. The lowest BCUT2D eigenvalue weighted by atomic mass is 10.2. The molecular formula is C26H21ClN2O7S2. The van der Waals surface area contributed by atoms with Crippen LogP contribution in [0.3, 0.4) is 0 Å². The van der Waals surface area contributed by atoms with Crippen LogP contribution in [0, 0.1) is 0 Å². The Morgan fingerprint density at radius 1 is 0.974 bits per heavy atom. The molecule has 1 aliphatic rings. The number of imidazole rings is 1. The molecule has 2 heterocycles. The number of methoxy groups -OCH3 is 2. The minimum Gasteiger partial charge on any atom is -0.497 e. The van der Waals surface area contributed by atoms with E-state index in [1.165, 1.54) is 23.5 Å². The molecular weight excluding hydrogens is 552 g/mol. The van der Waals surface area contributed by atoms with E-state index in [0.717, 1.165) is 15.5 Å². The predicted molar refractivity (Wildman–Crippen MR) is 142 cm³/mol. The summed E-state index contributed by atoms with van der Waals surface area (Å²) in [5.74, 6) is 2.60. The summed E-state index contributed by atoms with van der Waals surface area (Å²) in [6.45, 7) is 0.279. The molecule has 9 nitrogen and oxygen atoms in total. The Bertz CT molecular complexity index is 1460. The number of aromatic nitrogens is 2. The molecule has 0 aliphatic carbocycles. The maximum atomic E-state index is 11.7. The fourth-order valence-electron chi connectivity index (χ4n) is 3.62. The molecule has 38 heavy (non-hydrogen) atoms. The van der Waals surface area contributed by atoms with Gasteiger partial charge in [0.15, 0.2) is 21.7 Å². The summed E-state index contributed by atoms with van der Waals surface area (Å²) >= 11 is 9.19. The van der Waals surface area contributed by atoms with E-state index in [-0.39, 0.29) is 19.2 Å². The summed E-state index contributed by atoms with van der Waals surface area (Å²) in [5.41, 5.74) is 0.682. The first-order valence-electron chi connectivity index (χ1n) is 11.2. The van der Waals surface area contributed by atoms with Gasteiger partial charge in [-0.15, -0.1) is 0 Å². The molecule has 0 saturated heterocycles. The van der Waals surface area contributed by atoms with Gasteiger partial charge in [0.25, 0.3) is 0 Å². The number of carboxylic acid groups (broad SMARTS) is 1. The van der Waals surface area contributed by atoms with Gasteiger partial charge in [-0.25, -0.2) is 9.78 Å². The number of benzene rings is 3. The fraction of sp³-hybridized carbons (Fsp3) is 0.154. The second-order valence-electron chi connectivity index (χ2n) is 7.81. The van der Waals surface area contributed by atoms with Crippen molar-refractivity contribution in [2.75, 3.05) is 21.0 Å². The topological polar surface area (TPSA) is 101 Å². The van der Waals surface area contributed by atoms with Gasteiger partial charge in [-0.05, 0) is 60.2 Å². The molecule has 0 unspecified atom stereocenters. The summed E-state index contributed by atoms with van der Waals surface area (Å²) in [6.07, 6.45) is -1.46. The lowest BCUT2D eigenvalue weighted by Gasteiger charge is -2.13. The van der Waals surface area contributed by atoms with Crippen molar-refractivity contribution in [1.29, 1.82) is 0 Å². The second kappa shape index (κ2) is 11.4. The molecule has 1 N–H and O–H groups in total. The summed E-state index contributed by atoms with van der Waals surface area (Å²) < 4.78 is 28.4. The molecule has 0 bridgehead atoms. The van der Waals surface area contributed by atoms with Crippen molar-refractivity contribution in [1.82, 2.24) is 9.55 Å². The number of ether oxygens (including phenoxy) is 5. The highest BCUT2D eigenvalue weighted by molar-refractivity contribution is 8.00. The quantitative estimate of drug-likeness (QED) is 0.218. The smallest absolute Gasteiger partial charge is 0.497 e. The molecule has 0 saturated carbocycles. The monoisotopic (exact) mass is 572 g/mol. The molecule has 0 spiro atoms. The van der Waals surface area contributed by atoms with Crippen LogP contribution >= 0.6 is 35.1 Å². The van der Waals surface area contributed by atoms with E-state index in [1.807, 2.05) is 48.5 Å². The largest absolute Gasteiger partial charge is 0.512 e. The van der Waals surface area contributed by atoms with Crippen LogP contribution in [-0.2, 0) is 6.54 Å². The Morgan fingerprint density at radius 2 is 1.55 bits per heavy atom. The van der Waals surface area contributed by atoms with Crippen molar-refractivity contribution in [2.24, 2.45) is 0 Å².